The first-order valence-corrected chi connectivity index (χ1v) is 14.4. The third-order valence-electron chi connectivity index (χ3n) is 6.28. The van der Waals surface area contributed by atoms with E-state index in [1.165, 1.54) is 53.2 Å². The monoisotopic (exact) mass is 645 g/mol. The number of aromatic nitrogens is 1. The molecule has 14 heteroatoms. The van der Waals surface area contributed by atoms with E-state index in [1.54, 1.807) is 14.1 Å². The maximum atomic E-state index is 14.4. The summed E-state index contributed by atoms with van der Waals surface area (Å²) in [6.07, 6.45) is -6.28. The highest BCUT2D eigenvalue weighted by molar-refractivity contribution is 7.99. The number of pyridine rings is 1. The Hall–Kier alpha value is -4.72. The van der Waals surface area contributed by atoms with Crippen molar-refractivity contribution in [3.05, 3.63) is 95.9 Å². The average molecular weight is 646 g/mol. The normalized spacial score (nSPS) is 12.4. The molecule has 0 aliphatic rings. The van der Waals surface area contributed by atoms with Crippen molar-refractivity contribution in [1.82, 2.24) is 15.3 Å². The molecule has 0 spiro atoms. The molecule has 0 bridgehead atoms. The number of halogens is 5. The van der Waals surface area contributed by atoms with Crippen LogP contribution in [0.15, 0.2) is 89.0 Å². The molecule has 8 nitrogen and oxygen atoms in total. The number of nitrogens with zero attached hydrogens (tertiary/aromatic N) is 3. The quantitative estimate of drug-likeness (QED) is 0.0754. The zero-order chi connectivity index (χ0) is 32.6. The highest BCUT2D eigenvalue weighted by Gasteiger charge is 2.44. The van der Waals surface area contributed by atoms with Crippen molar-refractivity contribution in [2.24, 2.45) is 5.10 Å². The van der Waals surface area contributed by atoms with Gasteiger partial charge in [-0.3, -0.25) is 14.6 Å². The number of fused-ring (bicyclic) bond motifs is 1. The minimum atomic E-state index is -4.69. The maximum absolute atomic E-state index is 14.4. The van der Waals surface area contributed by atoms with Crippen molar-refractivity contribution >= 4 is 46.4 Å². The van der Waals surface area contributed by atoms with Gasteiger partial charge in [0.05, 0.1) is 23.0 Å². The van der Waals surface area contributed by atoms with Crippen LogP contribution < -0.4 is 15.5 Å². The smallest absolute Gasteiger partial charge is 0.428 e. The molecule has 4 rings (SSSR count). The van der Waals surface area contributed by atoms with Gasteiger partial charge in [0.25, 0.3) is 5.91 Å². The first kappa shape index (κ1) is 33.2. The molecule has 3 aromatic carbocycles. The molecule has 1 unspecified atom stereocenters. The van der Waals surface area contributed by atoms with Crippen molar-refractivity contribution < 1.29 is 36.3 Å². The predicted octanol–water partition coefficient (Wildman–Crippen LogP) is 6.43. The minimum absolute atomic E-state index is 0.00840. The van der Waals surface area contributed by atoms with E-state index in [0.717, 1.165) is 23.2 Å². The molecule has 1 atom stereocenters. The van der Waals surface area contributed by atoms with Crippen molar-refractivity contribution in [3.8, 4) is 5.75 Å². The molecule has 1 aromatic heterocycles. The summed E-state index contributed by atoms with van der Waals surface area (Å²) >= 11 is 1.50. The van der Waals surface area contributed by atoms with E-state index in [-0.39, 0.29) is 29.1 Å². The van der Waals surface area contributed by atoms with Gasteiger partial charge in [0.2, 0.25) is 5.91 Å². The lowest BCUT2D eigenvalue weighted by molar-refractivity contribution is -0.253. The van der Waals surface area contributed by atoms with E-state index in [9.17, 15) is 31.5 Å². The van der Waals surface area contributed by atoms with Crippen LogP contribution in [0.5, 0.6) is 5.75 Å². The second-order valence-electron chi connectivity index (χ2n) is 9.90. The Balaban J connectivity index is 1.60. The molecule has 0 fully saturated rings. The van der Waals surface area contributed by atoms with Crippen LogP contribution in [0.3, 0.4) is 0 Å². The van der Waals surface area contributed by atoms with Gasteiger partial charge in [0.1, 0.15) is 11.6 Å². The fourth-order valence-electron chi connectivity index (χ4n) is 4.04. The van der Waals surface area contributed by atoms with Crippen molar-refractivity contribution in [2.45, 2.75) is 29.9 Å². The second kappa shape index (κ2) is 14.8. The third kappa shape index (κ3) is 9.14. The number of hydrogen-bond donors (Lipinski definition) is 2. The van der Waals surface area contributed by atoms with Gasteiger partial charge >= 0.3 is 12.5 Å². The predicted molar refractivity (Wildman–Crippen MR) is 163 cm³/mol. The van der Waals surface area contributed by atoms with Crippen LogP contribution in [0.2, 0.25) is 0 Å². The first-order chi connectivity index (χ1) is 21.4. The summed E-state index contributed by atoms with van der Waals surface area (Å²) in [6.45, 7) is 0. The van der Waals surface area contributed by atoms with E-state index in [1.807, 2.05) is 30.3 Å². The summed E-state index contributed by atoms with van der Waals surface area (Å²) in [5.74, 6) is -1.60. The van der Waals surface area contributed by atoms with Crippen molar-refractivity contribution in [2.75, 3.05) is 25.2 Å². The Bertz CT molecular complexity index is 1670. The molecule has 0 radical (unpaired) electrons. The lowest BCUT2D eigenvalue weighted by atomic mass is 10.1. The average Bonchev–Trinajstić information content (AvgIpc) is 3.00. The third-order valence-corrected chi connectivity index (χ3v) is 7.46. The van der Waals surface area contributed by atoms with Gasteiger partial charge in [-0.2, -0.15) is 22.7 Å². The molecule has 2 N–H and O–H groups in total. The number of hydrogen-bond acceptors (Lipinski definition) is 7. The van der Waals surface area contributed by atoms with Gasteiger partial charge in [-0.05, 0) is 48.0 Å². The molecule has 236 valence electrons. The lowest BCUT2D eigenvalue weighted by Crippen LogP contribution is -2.33. The van der Waals surface area contributed by atoms with E-state index in [4.69, 9.17) is 0 Å². The fraction of sp³-hybridized carbons (Fsp3) is 0.226. The number of ether oxygens (including phenoxy) is 1. The largest absolute Gasteiger partial charge is 0.461 e. The molecular weight excluding hydrogens is 617 g/mol. The van der Waals surface area contributed by atoms with Crippen LogP contribution in [-0.4, -0.2) is 66.3 Å². The number of rotatable bonds is 13. The van der Waals surface area contributed by atoms with Gasteiger partial charge < -0.3 is 15.0 Å². The number of carbonyl (C=O) groups excluding carboxylic acids is 2. The second-order valence-corrected chi connectivity index (χ2v) is 11.0. The van der Waals surface area contributed by atoms with E-state index < -0.39 is 36.0 Å². The van der Waals surface area contributed by atoms with Crippen LogP contribution in [0.1, 0.15) is 22.3 Å². The van der Waals surface area contributed by atoms with Gasteiger partial charge in [-0.1, -0.05) is 30.3 Å². The minimum Gasteiger partial charge on any atom is -0.428 e. The van der Waals surface area contributed by atoms with Gasteiger partial charge in [-0.15, -0.1) is 11.8 Å². The summed E-state index contributed by atoms with van der Waals surface area (Å²) in [5, 5.41) is 7.41. The maximum Gasteiger partial charge on any atom is 0.461 e. The number of alkyl halides is 4. The number of amides is 2. The standard InChI is InChI=1S/C31H28F5N5O3S/c1-41(2)27(42)15-21(18-45-23-9-4-3-5-10-23)39-28-24-14-20(32)11-12-26(24)37-17-25(28)29(43)40-38-16-19-7-6-8-22(13-19)44-31(35,36)30(33)34/h3-14,16-17,21,30H,15,18H2,1-2H3,(H,37,39)(H,40,43)/b38-16+. The zero-order valence-corrected chi connectivity index (χ0v) is 24.8. The summed E-state index contributed by atoms with van der Waals surface area (Å²) in [4.78, 5) is 32.7. The van der Waals surface area contributed by atoms with E-state index in [2.05, 4.69) is 25.6 Å². The molecule has 0 aliphatic heterocycles. The Morgan fingerprint density at radius 1 is 1.07 bits per heavy atom. The summed E-state index contributed by atoms with van der Waals surface area (Å²) in [7, 11) is 3.26. The SMILES string of the molecule is CN(C)C(=O)CC(CSc1ccccc1)Nc1c(C(=O)N/N=C/c2cccc(OC(F)(F)C(F)F)c2)cnc2ccc(F)cc12. The fourth-order valence-corrected chi connectivity index (χ4v) is 4.99. The van der Waals surface area contributed by atoms with Crippen LogP contribution in [-0.2, 0) is 4.79 Å². The topological polar surface area (TPSA) is 95.9 Å². The first-order valence-electron chi connectivity index (χ1n) is 13.4. The van der Waals surface area contributed by atoms with Crippen molar-refractivity contribution in [3.63, 3.8) is 0 Å². The number of carbonyl (C=O) groups is 2. The van der Waals surface area contributed by atoms with Crippen LogP contribution in [0.25, 0.3) is 10.9 Å². The number of hydrazone groups is 1. The zero-order valence-electron chi connectivity index (χ0n) is 24.0. The van der Waals surface area contributed by atoms with E-state index >= 15 is 0 Å². The number of anilines is 1. The van der Waals surface area contributed by atoms with Gasteiger partial charge in [0, 0.05) is 48.8 Å². The molecule has 1 heterocycles. The number of benzene rings is 3. The lowest BCUT2D eigenvalue weighted by Gasteiger charge is -2.23. The van der Waals surface area contributed by atoms with E-state index in [0.29, 0.717) is 16.7 Å². The highest BCUT2D eigenvalue weighted by atomic mass is 32.2. The Morgan fingerprint density at radius 3 is 2.53 bits per heavy atom. The summed E-state index contributed by atoms with van der Waals surface area (Å²) in [5.41, 5.74) is 3.08. The van der Waals surface area contributed by atoms with Crippen LogP contribution >= 0.6 is 11.8 Å². The molecule has 45 heavy (non-hydrogen) atoms. The van der Waals surface area contributed by atoms with Crippen LogP contribution in [0.4, 0.5) is 27.6 Å². The Kier molecular flexibility index (Phi) is 10.9. The summed E-state index contributed by atoms with van der Waals surface area (Å²) < 4.78 is 70.1. The molecule has 2 amide bonds. The summed E-state index contributed by atoms with van der Waals surface area (Å²) in [6, 6.07) is 17.7. The number of nitrogens with one attached hydrogen (secondary N) is 2. The molecule has 0 saturated heterocycles. The highest BCUT2D eigenvalue weighted by Crippen LogP contribution is 2.30. The molecule has 4 aromatic rings. The Labute approximate surface area is 259 Å². The van der Waals surface area contributed by atoms with Crippen molar-refractivity contribution in [1.29, 1.82) is 0 Å². The molecular formula is C31H28F5N5O3S. The molecule has 0 aliphatic carbocycles. The Morgan fingerprint density at radius 2 is 1.82 bits per heavy atom. The number of thioether (sulfide) groups is 1. The van der Waals surface area contributed by atoms with Crippen LogP contribution in [0, 0.1) is 5.82 Å². The molecule has 0 saturated carbocycles. The van der Waals surface area contributed by atoms with Gasteiger partial charge in [0.15, 0.2) is 0 Å². The van der Waals surface area contributed by atoms with Gasteiger partial charge in [-0.25, -0.2) is 9.82 Å².